The average molecular weight is 476 g/mol. The Kier molecular flexibility index (Phi) is 7.14. The number of amides is 3. The third-order valence-corrected chi connectivity index (χ3v) is 6.27. The summed E-state index contributed by atoms with van der Waals surface area (Å²) in [5.74, 6) is 0.589. The lowest BCUT2D eigenvalue weighted by Gasteiger charge is -2.24. The van der Waals surface area contributed by atoms with E-state index in [0.717, 1.165) is 47.1 Å². The average Bonchev–Trinajstić information content (AvgIpc) is 3.58. The molecular weight excluding hydrogens is 446 g/mol. The van der Waals surface area contributed by atoms with Crippen LogP contribution in [0.1, 0.15) is 36.6 Å². The molecule has 0 saturated heterocycles. The number of benzene rings is 2. The highest BCUT2D eigenvalue weighted by Crippen LogP contribution is 2.49. The maximum atomic E-state index is 13.4. The molecule has 1 heterocycles. The zero-order valence-corrected chi connectivity index (χ0v) is 19.8. The summed E-state index contributed by atoms with van der Waals surface area (Å²) >= 11 is 0. The van der Waals surface area contributed by atoms with Gasteiger partial charge >= 0.3 is 6.03 Å². The summed E-state index contributed by atoms with van der Waals surface area (Å²) in [6, 6.07) is 14.7. The molecule has 1 saturated carbocycles. The number of hydrogen-bond acceptors (Lipinski definition) is 5. The molecule has 3 aromatic rings. The van der Waals surface area contributed by atoms with Crippen molar-refractivity contribution < 1.29 is 19.1 Å². The molecule has 0 radical (unpaired) electrons. The Bertz CT molecular complexity index is 1200. The molecule has 1 fully saturated rings. The van der Waals surface area contributed by atoms with Gasteiger partial charge in [0.05, 0.1) is 18.7 Å². The number of urea groups is 1. The SMILES string of the molecule is CNC(=O)NC(NC(=O)C1(c2ccc(OC)cc2)CC1)c1cccc(-c2cnn(CCC=O)c2)c1. The zero-order chi connectivity index (χ0) is 24.8. The molecule has 35 heavy (non-hydrogen) atoms. The van der Waals surface area contributed by atoms with Crippen LogP contribution in [0.5, 0.6) is 5.75 Å². The van der Waals surface area contributed by atoms with Gasteiger partial charge in [-0.1, -0.05) is 30.3 Å². The number of nitrogens with zero attached hydrogens (tertiary/aromatic N) is 2. The summed E-state index contributed by atoms with van der Waals surface area (Å²) in [7, 11) is 3.13. The molecule has 182 valence electrons. The molecule has 1 unspecified atom stereocenters. The van der Waals surface area contributed by atoms with Crippen molar-refractivity contribution in [3.63, 3.8) is 0 Å². The lowest BCUT2D eigenvalue weighted by molar-refractivity contribution is -0.124. The first-order chi connectivity index (χ1) is 17.0. The summed E-state index contributed by atoms with van der Waals surface area (Å²) in [5.41, 5.74) is 2.79. The molecule has 0 aliphatic heterocycles. The third kappa shape index (κ3) is 5.34. The standard InChI is InChI=1S/C26H29N5O4/c1-27-25(34)30-23(29-24(33)26(11-12-26)21-7-9-22(35-2)10-8-21)19-6-3-5-18(15-19)20-16-28-31(17-20)13-4-14-32/h3,5-10,14-17,23H,4,11-13H2,1-2H3,(H,29,33)(H2,27,30,34). The molecule has 9 nitrogen and oxygen atoms in total. The molecule has 3 amide bonds. The molecule has 4 rings (SSSR count). The number of aryl methyl sites for hydroxylation is 1. The van der Waals surface area contributed by atoms with Crippen molar-refractivity contribution in [3.05, 3.63) is 72.1 Å². The van der Waals surface area contributed by atoms with Crippen LogP contribution in [0.3, 0.4) is 0 Å². The van der Waals surface area contributed by atoms with E-state index in [1.165, 1.54) is 7.05 Å². The van der Waals surface area contributed by atoms with Crippen LogP contribution in [0.4, 0.5) is 4.79 Å². The van der Waals surface area contributed by atoms with Gasteiger partial charge in [0.25, 0.3) is 0 Å². The number of aromatic nitrogens is 2. The van der Waals surface area contributed by atoms with Crippen LogP contribution in [0.15, 0.2) is 60.9 Å². The first-order valence-electron chi connectivity index (χ1n) is 11.5. The molecule has 3 N–H and O–H groups in total. The van der Waals surface area contributed by atoms with E-state index in [0.29, 0.717) is 13.0 Å². The van der Waals surface area contributed by atoms with Gasteiger partial charge in [-0.25, -0.2) is 4.79 Å². The minimum atomic E-state index is -0.733. The number of hydrogen-bond donors (Lipinski definition) is 3. The van der Waals surface area contributed by atoms with Gasteiger partial charge in [-0.05, 0) is 47.7 Å². The van der Waals surface area contributed by atoms with Crippen molar-refractivity contribution in [1.29, 1.82) is 0 Å². The van der Waals surface area contributed by atoms with Crippen molar-refractivity contribution in [2.24, 2.45) is 0 Å². The summed E-state index contributed by atoms with van der Waals surface area (Å²) in [6.07, 6.45) is 5.58. The van der Waals surface area contributed by atoms with Crippen LogP contribution in [-0.4, -0.2) is 42.2 Å². The second kappa shape index (κ2) is 10.4. The number of nitrogens with one attached hydrogen (secondary N) is 3. The van der Waals surface area contributed by atoms with Crippen LogP contribution in [0.2, 0.25) is 0 Å². The predicted molar refractivity (Wildman–Crippen MR) is 131 cm³/mol. The summed E-state index contributed by atoms with van der Waals surface area (Å²) in [6.45, 7) is 0.507. The Morgan fingerprint density at radius 2 is 1.91 bits per heavy atom. The molecule has 1 aliphatic rings. The first kappa shape index (κ1) is 24.0. The van der Waals surface area contributed by atoms with Gasteiger partial charge in [0.2, 0.25) is 5.91 Å². The maximum Gasteiger partial charge on any atom is 0.316 e. The quantitative estimate of drug-likeness (QED) is 0.308. The van der Waals surface area contributed by atoms with Crippen LogP contribution in [-0.2, 0) is 21.5 Å². The number of carbonyl (C=O) groups is 3. The van der Waals surface area contributed by atoms with Crippen LogP contribution < -0.4 is 20.7 Å². The Hall–Kier alpha value is -4.14. The smallest absolute Gasteiger partial charge is 0.316 e. The van der Waals surface area contributed by atoms with Crippen molar-refractivity contribution in [1.82, 2.24) is 25.7 Å². The normalized spacial score (nSPS) is 14.5. The Morgan fingerprint density at radius 3 is 2.57 bits per heavy atom. The fraction of sp³-hybridized carbons (Fsp3) is 0.308. The minimum Gasteiger partial charge on any atom is -0.497 e. The monoisotopic (exact) mass is 475 g/mol. The van der Waals surface area contributed by atoms with Gasteiger partial charge in [-0.15, -0.1) is 0 Å². The van der Waals surface area contributed by atoms with Crippen LogP contribution in [0, 0.1) is 0 Å². The van der Waals surface area contributed by atoms with Gasteiger partial charge < -0.3 is 25.5 Å². The van der Waals surface area contributed by atoms with E-state index in [1.807, 2.05) is 54.7 Å². The molecule has 1 aromatic heterocycles. The number of ether oxygens (including phenoxy) is 1. The Balaban J connectivity index is 1.57. The minimum absolute atomic E-state index is 0.142. The number of methoxy groups -OCH3 is 1. The molecule has 1 aliphatic carbocycles. The number of carbonyl (C=O) groups excluding carboxylic acids is 3. The van der Waals surface area contributed by atoms with Gasteiger partial charge in [-0.2, -0.15) is 5.10 Å². The molecule has 9 heteroatoms. The summed E-state index contributed by atoms with van der Waals surface area (Å²) in [5, 5.41) is 12.7. The van der Waals surface area contributed by atoms with E-state index in [4.69, 9.17) is 4.74 Å². The number of rotatable bonds is 10. The topological polar surface area (TPSA) is 114 Å². The molecule has 0 spiro atoms. The van der Waals surface area contributed by atoms with Crippen molar-refractivity contribution in [2.75, 3.05) is 14.2 Å². The Morgan fingerprint density at radius 1 is 1.14 bits per heavy atom. The highest BCUT2D eigenvalue weighted by molar-refractivity contribution is 5.92. The molecule has 1 atom stereocenters. The van der Waals surface area contributed by atoms with Gasteiger partial charge in [0.1, 0.15) is 18.2 Å². The van der Waals surface area contributed by atoms with Gasteiger partial charge in [-0.3, -0.25) is 9.48 Å². The second-order valence-corrected chi connectivity index (χ2v) is 8.51. The van der Waals surface area contributed by atoms with Crippen molar-refractivity contribution >= 4 is 18.2 Å². The van der Waals surface area contributed by atoms with E-state index in [-0.39, 0.29) is 5.91 Å². The lowest BCUT2D eigenvalue weighted by Crippen LogP contribution is -2.47. The van der Waals surface area contributed by atoms with E-state index in [1.54, 1.807) is 18.0 Å². The fourth-order valence-corrected chi connectivity index (χ4v) is 4.07. The van der Waals surface area contributed by atoms with E-state index < -0.39 is 17.6 Å². The molecular formula is C26H29N5O4. The van der Waals surface area contributed by atoms with E-state index in [9.17, 15) is 14.4 Å². The highest BCUT2D eigenvalue weighted by Gasteiger charge is 2.51. The largest absolute Gasteiger partial charge is 0.497 e. The fourth-order valence-electron chi connectivity index (χ4n) is 4.07. The maximum absolute atomic E-state index is 13.4. The first-order valence-corrected chi connectivity index (χ1v) is 11.5. The Labute approximate surface area is 203 Å². The zero-order valence-electron chi connectivity index (χ0n) is 19.8. The second-order valence-electron chi connectivity index (χ2n) is 8.51. The molecule has 2 aromatic carbocycles. The van der Waals surface area contributed by atoms with Crippen molar-refractivity contribution in [3.8, 4) is 16.9 Å². The van der Waals surface area contributed by atoms with Gasteiger partial charge in [0, 0.05) is 31.8 Å². The summed E-state index contributed by atoms with van der Waals surface area (Å²) in [4.78, 5) is 36.3. The molecule has 0 bridgehead atoms. The summed E-state index contributed by atoms with van der Waals surface area (Å²) < 4.78 is 6.95. The lowest BCUT2D eigenvalue weighted by atomic mass is 9.94. The third-order valence-electron chi connectivity index (χ3n) is 6.27. The number of aldehydes is 1. The van der Waals surface area contributed by atoms with Crippen molar-refractivity contribution in [2.45, 2.75) is 37.4 Å². The predicted octanol–water partition coefficient (Wildman–Crippen LogP) is 2.92. The van der Waals surface area contributed by atoms with E-state index >= 15 is 0 Å². The van der Waals surface area contributed by atoms with Gasteiger partial charge in [0.15, 0.2) is 0 Å². The van der Waals surface area contributed by atoms with E-state index in [2.05, 4.69) is 21.0 Å². The highest BCUT2D eigenvalue weighted by atomic mass is 16.5. The van der Waals surface area contributed by atoms with Crippen LogP contribution in [0.25, 0.3) is 11.1 Å². The van der Waals surface area contributed by atoms with Crippen LogP contribution >= 0.6 is 0 Å².